The Kier molecular flexibility index (Phi) is 5.44. The van der Waals surface area contributed by atoms with E-state index in [-0.39, 0.29) is 5.41 Å². The van der Waals surface area contributed by atoms with Crippen molar-refractivity contribution in [1.82, 2.24) is 5.32 Å². The van der Waals surface area contributed by atoms with E-state index in [0.717, 1.165) is 12.8 Å². The second kappa shape index (κ2) is 5.56. The highest BCUT2D eigenvalue weighted by Gasteiger charge is 2.29. The van der Waals surface area contributed by atoms with Crippen LogP contribution in [0, 0.1) is 5.41 Å². The summed E-state index contributed by atoms with van der Waals surface area (Å²) in [5.41, 5.74) is 5.37. The molecule has 2 nitrogen and oxygen atoms in total. The van der Waals surface area contributed by atoms with Crippen molar-refractivity contribution in [1.29, 1.82) is 0 Å². The molecule has 0 aliphatic carbocycles. The Morgan fingerprint density at radius 3 is 1.86 bits per heavy atom. The summed E-state index contributed by atoms with van der Waals surface area (Å²) < 4.78 is 35.5. The summed E-state index contributed by atoms with van der Waals surface area (Å²) in [6.45, 7) is 3.72. The molecule has 0 unspecified atom stereocenters. The number of nitrogens with two attached hydrogens (primary N) is 1. The molecule has 0 saturated carbocycles. The van der Waals surface area contributed by atoms with Crippen LogP contribution in [0.2, 0.25) is 0 Å². The Morgan fingerprint density at radius 2 is 1.57 bits per heavy atom. The summed E-state index contributed by atoms with van der Waals surface area (Å²) in [4.78, 5) is 0. The van der Waals surface area contributed by atoms with Gasteiger partial charge in [0, 0.05) is 6.54 Å². The summed E-state index contributed by atoms with van der Waals surface area (Å²) in [5.74, 6) is 0. The molecular weight excluding hydrogens is 193 g/mol. The summed E-state index contributed by atoms with van der Waals surface area (Å²) in [5, 5.41) is 2.41. The number of alkyl halides is 3. The Bertz CT molecular complexity index is 144. The Morgan fingerprint density at radius 1 is 1.07 bits per heavy atom. The van der Waals surface area contributed by atoms with Crippen LogP contribution in [0.5, 0.6) is 0 Å². The van der Waals surface area contributed by atoms with Crippen molar-refractivity contribution in [2.45, 2.75) is 32.9 Å². The van der Waals surface area contributed by atoms with Crippen molar-refractivity contribution in [3.63, 3.8) is 0 Å². The predicted molar refractivity (Wildman–Crippen MR) is 51.0 cm³/mol. The standard InChI is InChI=1S/C9H19F3N2/c1-3-8(4-2,5-13)6-14-7-9(10,11)12/h14H,3-7,13H2,1-2H3. The molecule has 3 N–H and O–H groups in total. The predicted octanol–water partition coefficient (Wildman–Crippen LogP) is 1.90. The van der Waals surface area contributed by atoms with Gasteiger partial charge in [0.25, 0.3) is 0 Å². The van der Waals surface area contributed by atoms with Crippen molar-refractivity contribution in [3.05, 3.63) is 0 Å². The van der Waals surface area contributed by atoms with Gasteiger partial charge in [-0.05, 0) is 24.8 Å². The third-order valence-corrected chi connectivity index (χ3v) is 2.76. The van der Waals surface area contributed by atoms with Crippen molar-refractivity contribution >= 4 is 0 Å². The molecular formula is C9H19F3N2. The Labute approximate surface area is 83.0 Å². The molecule has 0 aliphatic rings. The molecule has 14 heavy (non-hydrogen) atoms. The number of hydrogen-bond donors (Lipinski definition) is 2. The van der Waals surface area contributed by atoms with Crippen molar-refractivity contribution in [2.75, 3.05) is 19.6 Å². The molecule has 0 aliphatic heterocycles. The molecule has 0 fully saturated rings. The molecule has 0 saturated heterocycles. The van der Waals surface area contributed by atoms with Crippen LogP contribution in [0.15, 0.2) is 0 Å². The molecule has 0 rings (SSSR count). The van der Waals surface area contributed by atoms with Gasteiger partial charge >= 0.3 is 6.18 Å². The molecule has 0 heterocycles. The quantitative estimate of drug-likeness (QED) is 0.705. The van der Waals surface area contributed by atoms with Crippen LogP contribution >= 0.6 is 0 Å². The first kappa shape index (κ1) is 13.7. The Balaban J connectivity index is 3.95. The van der Waals surface area contributed by atoms with Crippen LogP contribution in [0.4, 0.5) is 13.2 Å². The van der Waals surface area contributed by atoms with Gasteiger partial charge in [0.2, 0.25) is 0 Å². The summed E-state index contributed by atoms with van der Waals surface area (Å²) in [6.07, 6.45) is -2.54. The highest BCUT2D eigenvalue weighted by atomic mass is 19.4. The molecule has 5 heteroatoms. The van der Waals surface area contributed by atoms with Gasteiger partial charge in [0.15, 0.2) is 0 Å². The zero-order valence-electron chi connectivity index (χ0n) is 8.75. The van der Waals surface area contributed by atoms with Gasteiger partial charge in [-0.15, -0.1) is 0 Å². The topological polar surface area (TPSA) is 38.0 Å². The minimum atomic E-state index is -4.14. The van der Waals surface area contributed by atoms with Crippen LogP contribution < -0.4 is 11.1 Å². The molecule has 0 aromatic carbocycles. The maximum Gasteiger partial charge on any atom is 0.401 e. The average molecular weight is 212 g/mol. The zero-order chi connectivity index (χ0) is 11.2. The molecule has 0 aromatic rings. The van der Waals surface area contributed by atoms with E-state index in [1.807, 2.05) is 13.8 Å². The van der Waals surface area contributed by atoms with E-state index >= 15 is 0 Å². The van der Waals surface area contributed by atoms with Gasteiger partial charge in [-0.3, -0.25) is 0 Å². The van der Waals surface area contributed by atoms with Crippen LogP contribution in [-0.4, -0.2) is 25.8 Å². The van der Waals surface area contributed by atoms with E-state index in [2.05, 4.69) is 5.32 Å². The van der Waals surface area contributed by atoms with Crippen LogP contribution in [-0.2, 0) is 0 Å². The molecule has 0 radical (unpaired) electrons. The minimum Gasteiger partial charge on any atom is -0.330 e. The minimum absolute atomic E-state index is 0.189. The number of halogens is 3. The van der Waals surface area contributed by atoms with Crippen LogP contribution in [0.3, 0.4) is 0 Å². The number of hydrogen-bond acceptors (Lipinski definition) is 2. The maximum atomic E-state index is 11.8. The van der Waals surface area contributed by atoms with Crippen molar-refractivity contribution in [2.24, 2.45) is 11.1 Å². The Hall–Kier alpha value is -0.290. The lowest BCUT2D eigenvalue weighted by Crippen LogP contribution is -2.42. The van der Waals surface area contributed by atoms with E-state index in [0.29, 0.717) is 13.1 Å². The van der Waals surface area contributed by atoms with Gasteiger partial charge < -0.3 is 11.1 Å². The summed E-state index contributed by atoms with van der Waals surface area (Å²) >= 11 is 0. The summed E-state index contributed by atoms with van der Waals surface area (Å²) in [6, 6.07) is 0. The molecule has 0 bridgehead atoms. The largest absolute Gasteiger partial charge is 0.401 e. The fourth-order valence-electron chi connectivity index (χ4n) is 1.33. The molecule has 86 valence electrons. The highest BCUT2D eigenvalue weighted by molar-refractivity contribution is 4.80. The average Bonchev–Trinajstić information content (AvgIpc) is 2.11. The van der Waals surface area contributed by atoms with Gasteiger partial charge in [-0.25, -0.2) is 0 Å². The van der Waals surface area contributed by atoms with Gasteiger partial charge in [-0.1, -0.05) is 13.8 Å². The number of rotatable bonds is 6. The molecule has 0 atom stereocenters. The van der Waals surface area contributed by atoms with Gasteiger partial charge in [-0.2, -0.15) is 13.2 Å². The van der Waals surface area contributed by atoms with Gasteiger partial charge in [0.05, 0.1) is 6.54 Å². The molecule has 0 amide bonds. The van der Waals surface area contributed by atoms with E-state index < -0.39 is 12.7 Å². The first-order valence-electron chi connectivity index (χ1n) is 4.86. The van der Waals surface area contributed by atoms with Crippen molar-refractivity contribution < 1.29 is 13.2 Å². The van der Waals surface area contributed by atoms with E-state index in [9.17, 15) is 13.2 Å². The normalized spacial score (nSPS) is 13.3. The zero-order valence-corrected chi connectivity index (χ0v) is 8.75. The van der Waals surface area contributed by atoms with Crippen molar-refractivity contribution in [3.8, 4) is 0 Å². The summed E-state index contributed by atoms with van der Waals surface area (Å²) in [7, 11) is 0. The van der Waals surface area contributed by atoms with Crippen LogP contribution in [0.1, 0.15) is 26.7 Å². The van der Waals surface area contributed by atoms with Crippen LogP contribution in [0.25, 0.3) is 0 Å². The second-order valence-electron chi connectivity index (χ2n) is 3.63. The fourth-order valence-corrected chi connectivity index (χ4v) is 1.33. The lowest BCUT2D eigenvalue weighted by Gasteiger charge is -2.30. The lowest BCUT2D eigenvalue weighted by molar-refractivity contribution is -0.125. The second-order valence-corrected chi connectivity index (χ2v) is 3.63. The van der Waals surface area contributed by atoms with E-state index in [1.165, 1.54) is 0 Å². The van der Waals surface area contributed by atoms with Gasteiger partial charge in [0.1, 0.15) is 0 Å². The highest BCUT2D eigenvalue weighted by Crippen LogP contribution is 2.24. The van der Waals surface area contributed by atoms with E-state index in [1.54, 1.807) is 0 Å². The third kappa shape index (κ3) is 4.81. The fraction of sp³-hybridized carbons (Fsp3) is 1.00. The molecule has 0 aromatic heterocycles. The van der Waals surface area contributed by atoms with E-state index in [4.69, 9.17) is 5.73 Å². The first-order valence-corrected chi connectivity index (χ1v) is 4.86. The molecule has 0 spiro atoms. The first-order chi connectivity index (χ1) is 6.39. The monoisotopic (exact) mass is 212 g/mol. The maximum absolute atomic E-state index is 11.8. The SMILES string of the molecule is CCC(CC)(CN)CNCC(F)(F)F. The smallest absolute Gasteiger partial charge is 0.330 e. The third-order valence-electron chi connectivity index (χ3n) is 2.76. The number of nitrogens with one attached hydrogen (secondary N) is 1. The lowest BCUT2D eigenvalue weighted by atomic mass is 9.82.